The predicted octanol–water partition coefficient (Wildman–Crippen LogP) is 4.76. The summed E-state index contributed by atoms with van der Waals surface area (Å²) in [5.41, 5.74) is 1.65. The van der Waals surface area contributed by atoms with E-state index in [-0.39, 0.29) is 24.5 Å². The number of amides is 1. The second-order valence-corrected chi connectivity index (χ2v) is 8.75. The largest absolute Gasteiger partial charge is 0.493 e. The molecule has 0 aliphatic carbocycles. The molecule has 1 atom stereocenters. The third-order valence-corrected chi connectivity index (χ3v) is 5.62. The van der Waals surface area contributed by atoms with Crippen LogP contribution in [0.2, 0.25) is 10.0 Å². The predicted molar refractivity (Wildman–Crippen MR) is 123 cm³/mol. The van der Waals surface area contributed by atoms with Crippen molar-refractivity contribution in [2.75, 3.05) is 6.61 Å². The topological polar surface area (TPSA) is 78.3 Å². The maximum atomic E-state index is 12.8. The molecule has 1 aromatic heterocycles. The van der Waals surface area contributed by atoms with E-state index in [2.05, 4.69) is 15.4 Å². The number of hydrogen-bond donors (Lipinski definition) is 1. The Balaban J connectivity index is 1.49. The highest BCUT2D eigenvalue weighted by molar-refractivity contribution is 6.32. The van der Waals surface area contributed by atoms with Crippen molar-refractivity contribution in [2.24, 2.45) is 7.05 Å². The molecule has 0 fully saturated rings. The Kier molecular flexibility index (Phi) is 6.58. The monoisotopic (exact) mass is 474 g/mol. The summed E-state index contributed by atoms with van der Waals surface area (Å²) < 4.78 is 13.0. The number of fused-ring (bicyclic) bond motifs is 1. The molecule has 2 aromatic carbocycles. The summed E-state index contributed by atoms with van der Waals surface area (Å²) in [6, 6.07) is 10.7. The van der Waals surface area contributed by atoms with Gasteiger partial charge in [-0.25, -0.2) is 4.98 Å². The van der Waals surface area contributed by atoms with Crippen LogP contribution in [0.4, 0.5) is 0 Å². The molecule has 0 bridgehead atoms. The second-order valence-electron chi connectivity index (χ2n) is 7.90. The molecule has 0 saturated carbocycles. The van der Waals surface area contributed by atoms with Crippen molar-refractivity contribution < 1.29 is 14.3 Å². The molecule has 168 valence electrons. The first-order valence-electron chi connectivity index (χ1n) is 10.4. The van der Waals surface area contributed by atoms with Crippen molar-refractivity contribution in [3.8, 4) is 22.9 Å². The van der Waals surface area contributed by atoms with Gasteiger partial charge in [0.05, 0.1) is 30.2 Å². The van der Waals surface area contributed by atoms with Crippen LogP contribution in [0.15, 0.2) is 36.4 Å². The molecule has 3 aromatic rings. The summed E-state index contributed by atoms with van der Waals surface area (Å²) in [7, 11) is 1.77. The first-order valence-corrected chi connectivity index (χ1v) is 11.1. The highest BCUT2D eigenvalue weighted by atomic mass is 35.5. The number of aryl methyl sites for hydroxylation is 1. The van der Waals surface area contributed by atoms with Crippen LogP contribution in [-0.4, -0.2) is 33.4 Å². The Morgan fingerprint density at radius 2 is 2.09 bits per heavy atom. The average molecular weight is 475 g/mol. The van der Waals surface area contributed by atoms with Crippen LogP contribution in [0, 0.1) is 0 Å². The van der Waals surface area contributed by atoms with Crippen LogP contribution in [0.5, 0.6) is 11.5 Å². The van der Waals surface area contributed by atoms with Gasteiger partial charge in [0.25, 0.3) is 0 Å². The molecule has 0 unspecified atom stereocenters. The minimum Gasteiger partial charge on any atom is -0.493 e. The summed E-state index contributed by atoms with van der Waals surface area (Å²) >= 11 is 12.4. The van der Waals surface area contributed by atoms with Gasteiger partial charge in [0.1, 0.15) is 17.3 Å². The van der Waals surface area contributed by atoms with Gasteiger partial charge in [0.15, 0.2) is 5.82 Å². The lowest BCUT2D eigenvalue weighted by molar-refractivity contribution is -0.121. The minimum absolute atomic E-state index is 0.0103. The van der Waals surface area contributed by atoms with Crippen LogP contribution in [0.25, 0.3) is 11.4 Å². The van der Waals surface area contributed by atoms with E-state index in [4.69, 9.17) is 32.7 Å². The number of ether oxygens (including phenoxy) is 2. The maximum Gasteiger partial charge on any atom is 0.228 e. The Morgan fingerprint density at radius 3 is 2.88 bits per heavy atom. The number of halogens is 2. The molecule has 0 radical (unpaired) electrons. The number of nitrogens with zero attached hydrogens (tertiary/aromatic N) is 3. The molecule has 1 aliphatic heterocycles. The standard InChI is InChI=1S/C23H24Cl2N4O3/c1-13(2)32-20-10-14(4-6-17(20)25)23-27-21(29(3)28-23)12-22(30)26-18-8-9-31-19-7-5-15(24)11-16(18)19/h4-7,10-11,13,18H,8-9,12H2,1-3H3,(H,26,30)/t18-/m1/s1. The number of rotatable bonds is 6. The van der Waals surface area contributed by atoms with Gasteiger partial charge in [-0.3, -0.25) is 9.48 Å². The van der Waals surface area contributed by atoms with Gasteiger partial charge in [0, 0.05) is 29.6 Å². The van der Waals surface area contributed by atoms with E-state index < -0.39 is 0 Å². The van der Waals surface area contributed by atoms with Gasteiger partial charge in [0.2, 0.25) is 5.91 Å². The highest BCUT2D eigenvalue weighted by Crippen LogP contribution is 2.34. The van der Waals surface area contributed by atoms with E-state index >= 15 is 0 Å². The Morgan fingerprint density at radius 1 is 1.28 bits per heavy atom. The fraction of sp³-hybridized carbons (Fsp3) is 0.348. The van der Waals surface area contributed by atoms with Crippen LogP contribution in [0.1, 0.15) is 37.7 Å². The van der Waals surface area contributed by atoms with Crippen molar-refractivity contribution in [1.29, 1.82) is 0 Å². The van der Waals surface area contributed by atoms with Gasteiger partial charge < -0.3 is 14.8 Å². The first-order chi connectivity index (χ1) is 15.3. The van der Waals surface area contributed by atoms with E-state index in [0.717, 1.165) is 16.9 Å². The smallest absolute Gasteiger partial charge is 0.228 e. The number of benzene rings is 2. The zero-order valence-electron chi connectivity index (χ0n) is 18.1. The van der Waals surface area contributed by atoms with Crippen molar-refractivity contribution in [2.45, 2.75) is 38.8 Å². The zero-order chi connectivity index (χ0) is 22.8. The lowest BCUT2D eigenvalue weighted by Crippen LogP contribution is -2.33. The minimum atomic E-state index is -0.162. The van der Waals surface area contributed by atoms with Crippen molar-refractivity contribution in [1.82, 2.24) is 20.1 Å². The van der Waals surface area contributed by atoms with E-state index in [1.807, 2.05) is 38.1 Å². The van der Waals surface area contributed by atoms with E-state index in [1.54, 1.807) is 23.9 Å². The van der Waals surface area contributed by atoms with Crippen molar-refractivity contribution >= 4 is 29.1 Å². The number of aromatic nitrogens is 3. The van der Waals surface area contributed by atoms with E-state index in [9.17, 15) is 4.79 Å². The van der Waals surface area contributed by atoms with Gasteiger partial charge in [-0.2, -0.15) is 5.10 Å². The van der Waals surface area contributed by atoms with E-state index in [1.165, 1.54) is 0 Å². The molecular weight excluding hydrogens is 451 g/mol. The quantitative estimate of drug-likeness (QED) is 0.557. The Bertz CT molecular complexity index is 1150. The number of carbonyl (C=O) groups excluding carboxylic acids is 1. The maximum absolute atomic E-state index is 12.8. The van der Waals surface area contributed by atoms with Crippen molar-refractivity contribution in [3.05, 3.63) is 57.8 Å². The fourth-order valence-electron chi connectivity index (χ4n) is 3.58. The van der Waals surface area contributed by atoms with Crippen molar-refractivity contribution in [3.63, 3.8) is 0 Å². The molecule has 1 aliphatic rings. The fourth-order valence-corrected chi connectivity index (χ4v) is 3.93. The number of carbonyl (C=O) groups is 1. The molecule has 1 amide bonds. The lowest BCUT2D eigenvalue weighted by Gasteiger charge is -2.26. The molecule has 9 heteroatoms. The molecule has 0 spiro atoms. The summed E-state index contributed by atoms with van der Waals surface area (Å²) in [5, 5.41) is 8.67. The molecular formula is C23H24Cl2N4O3. The van der Waals surface area contributed by atoms with Gasteiger partial charge in [-0.05, 0) is 50.2 Å². The van der Waals surface area contributed by atoms with Gasteiger partial charge in [-0.1, -0.05) is 23.2 Å². The van der Waals surface area contributed by atoms with Crippen LogP contribution in [-0.2, 0) is 18.3 Å². The number of nitrogens with one attached hydrogen (secondary N) is 1. The lowest BCUT2D eigenvalue weighted by atomic mass is 10.0. The third kappa shape index (κ3) is 5.00. The molecule has 7 nitrogen and oxygen atoms in total. The summed E-state index contributed by atoms with van der Waals surface area (Å²) in [6.45, 7) is 4.40. The van der Waals surface area contributed by atoms with Crippen LogP contribution >= 0.6 is 23.2 Å². The molecule has 0 saturated heterocycles. The van der Waals surface area contributed by atoms with Gasteiger partial charge >= 0.3 is 0 Å². The Hall–Kier alpha value is -2.77. The molecule has 2 heterocycles. The SMILES string of the molecule is CC(C)Oc1cc(-c2nc(CC(=O)N[C@@H]3CCOc4ccc(Cl)cc43)n(C)n2)ccc1Cl. The average Bonchev–Trinajstić information content (AvgIpc) is 3.10. The second kappa shape index (κ2) is 9.38. The molecule has 32 heavy (non-hydrogen) atoms. The summed E-state index contributed by atoms with van der Waals surface area (Å²) in [6.07, 6.45) is 0.760. The first kappa shape index (κ1) is 22.4. The molecule has 1 N–H and O–H groups in total. The van der Waals surface area contributed by atoms with Crippen LogP contribution in [0.3, 0.4) is 0 Å². The molecule has 4 rings (SSSR count). The van der Waals surface area contributed by atoms with Crippen LogP contribution < -0.4 is 14.8 Å². The number of hydrogen-bond acceptors (Lipinski definition) is 5. The summed E-state index contributed by atoms with van der Waals surface area (Å²) in [4.78, 5) is 17.4. The zero-order valence-corrected chi connectivity index (χ0v) is 19.6. The highest BCUT2D eigenvalue weighted by Gasteiger charge is 2.24. The van der Waals surface area contributed by atoms with Gasteiger partial charge in [-0.15, -0.1) is 0 Å². The summed E-state index contributed by atoms with van der Waals surface area (Å²) in [5.74, 6) is 2.22. The normalized spacial score (nSPS) is 15.2. The third-order valence-electron chi connectivity index (χ3n) is 5.07. The van der Waals surface area contributed by atoms with E-state index in [0.29, 0.717) is 40.5 Å². The Labute approximate surface area is 196 Å².